The molecule has 0 saturated carbocycles. The zero-order chi connectivity index (χ0) is 16.1. The molecule has 0 radical (unpaired) electrons. The number of carbonyl (C=O) groups excluding carboxylic acids is 2. The van der Waals surface area contributed by atoms with Crippen molar-refractivity contribution in [2.24, 2.45) is 5.73 Å². The van der Waals surface area contributed by atoms with Crippen LogP contribution in [0.15, 0.2) is 24.3 Å². The molecule has 0 spiro atoms. The first-order chi connectivity index (χ1) is 10.5. The highest BCUT2D eigenvalue weighted by atomic mass is 16.2. The summed E-state index contributed by atoms with van der Waals surface area (Å²) in [6.07, 6.45) is 1.98. The van der Waals surface area contributed by atoms with Crippen molar-refractivity contribution in [1.29, 1.82) is 0 Å². The number of hydrogen-bond donors (Lipinski definition) is 2. The maximum Gasteiger partial charge on any atom is 0.251 e. The molecule has 2 rings (SSSR count). The fourth-order valence-electron chi connectivity index (χ4n) is 2.77. The largest absolute Gasteiger partial charge is 0.349 e. The summed E-state index contributed by atoms with van der Waals surface area (Å²) in [5.41, 5.74) is 7.36. The van der Waals surface area contributed by atoms with E-state index in [1.807, 2.05) is 43.0 Å². The van der Waals surface area contributed by atoms with Gasteiger partial charge in [0.25, 0.3) is 5.91 Å². The van der Waals surface area contributed by atoms with Gasteiger partial charge in [-0.25, -0.2) is 0 Å². The Morgan fingerprint density at radius 1 is 1.32 bits per heavy atom. The lowest BCUT2D eigenvalue weighted by atomic mass is 10.0. The molecule has 1 atom stereocenters. The molecule has 0 aromatic heterocycles. The smallest absolute Gasteiger partial charge is 0.251 e. The SMILES string of the molecule is Cc1ccccc1C(=O)NC1CCN(C(=O)CC(C)N)CC1. The van der Waals surface area contributed by atoms with Gasteiger partial charge in [0.15, 0.2) is 0 Å². The molecule has 0 aliphatic carbocycles. The minimum absolute atomic E-state index is 0.0292. The lowest BCUT2D eigenvalue weighted by Gasteiger charge is -2.33. The lowest BCUT2D eigenvalue weighted by molar-refractivity contribution is -0.132. The Balaban J connectivity index is 1.84. The van der Waals surface area contributed by atoms with E-state index in [1.165, 1.54) is 0 Å². The highest BCUT2D eigenvalue weighted by molar-refractivity contribution is 5.95. The Morgan fingerprint density at radius 2 is 1.95 bits per heavy atom. The molecule has 1 heterocycles. The number of amides is 2. The second-order valence-electron chi connectivity index (χ2n) is 6.12. The van der Waals surface area contributed by atoms with Crippen molar-refractivity contribution in [2.75, 3.05) is 13.1 Å². The predicted molar refractivity (Wildman–Crippen MR) is 86.5 cm³/mol. The van der Waals surface area contributed by atoms with E-state index in [-0.39, 0.29) is 23.9 Å². The van der Waals surface area contributed by atoms with Crippen LogP contribution in [-0.4, -0.2) is 41.9 Å². The van der Waals surface area contributed by atoms with Crippen LogP contribution in [0, 0.1) is 6.92 Å². The van der Waals surface area contributed by atoms with Gasteiger partial charge in [-0.05, 0) is 38.3 Å². The van der Waals surface area contributed by atoms with E-state index in [0.717, 1.165) is 24.0 Å². The number of benzene rings is 1. The molecular weight excluding hydrogens is 278 g/mol. The van der Waals surface area contributed by atoms with Gasteiger partial charge >= 0.3 is 0 Å². The van der Waals surface area contributed by atoms with Crippen LogP contribution in [0.3, 0.4) is 0 Å². The molecule has 1 aromatic carbocycles. The van der Waals surface area contributed by atoms with Crippen molar-refractivity contribution in [3.63, 3.8) is 0 Å². The Labute approximate surface area is 131 Å². The molecule has 1 aromatic rings. The molecule has 22 heavy (non-hydrogen) atoms. The number of carbonyl (C=O) groups is 2. The summed E-state index contributed by atoms with van der Waals surface area (Å²) >= 11 is 0. The summed E-state index contributed by atoms with van der Waals surface area (Å²) in [4.78, 5) is 26.1. The van der Waals surface area contributed by atoms with Crippen molar-refractivity contribution in [2.45, 2.75) is 45.2 Å². The van der Waals surface area contributed by atoms with Gasteiger partial charge in [-0.15, -0.1) is 0 Å². The number of nitrogens with two attached hydrogens (primary N) is 1. The van der Waals surface area contributed by atoms with Crippen LogP contribution in [-0.2, 0) is 4.79 Å². The number of aryl methyl sites for hydroxylation is 1. The Hall–Kier alpha value is -1.88. The molecule has 1 saturated heterocycles. The van der Waals surface area contributed by atoms with E-state index in [9.17, 15) is 9.59 Å². The quantitative estimate of drug-likeness (QED) is 0.884. The Bertz CT molecular complexity index is 534. The maximum atomic E-state index is 12.3. The van der Waals surface area contributed by atoms with Gasteiger partial charge in [-0.3, -0.25) is 9.59 Å². The van der Waals surface area contributed by atoms with E-state index in [0.29, 0.717) is 19.5 Å². The monoisotopic (exact) mass is 303 g/mol. The predicted octanol–water partition coefficient (Wildman–Crippen LogP) is 1.45. The summed E-state index contributed by atoms with van der Waals surface area (Å²) in [6.45, 7) is 5.14. The molecule has 1 aliphatic heterocycles. The fourth-order valence-corrected chi connectivity index (χ4v) is 2.77. The zero-order valence-corrected chi connectivity index (χ0v) is 13.3. The first-order valence-electron chi connectivity index (χ1n) is 7.87. The third kappa shape index (κ3) is 4.31. The maximum absolute atomic E-state index is 12.3. The minimum Gasteiger partial charge on any atom is -0.349 e. The number of hydrogen-bond acceptors (Lipinski definition) is 3. The molecule has 2 amide bonds. The van der Waals surface area contributed by atoms with Crippen molar-refractivity contribution >= 4 is 11.8 Å². The van der Waals surface area contributed by atoms with E-state index >= 15 is 0 Å². The van der Waals surface area contributed by atoms with Crippen LogP contribution in [0.1, 0.15) is 42.1 Å². The molecule has 5 heteroatoms. The third-order valence-corrected chi connectivity index (χ3v) is 4.07. The Kier molecular flexibility index (Phi) is 5.55. The van der Waals surface area contributed by atoms with Gasteiger partial charge in [-0.1, -0.05) is 18.2 Å². The van der Waals surface area contributed by atoms with Crippen molar-refractivity contribution in [3.8, 4) is 0 Å². The lowest BCUT2D eigenvalue weighted by Crippen LogP contribution is -2.47. The number of nitrogens with zero attached hydrogens (tertiary/aromatic N) is 1. The second-order valence-corrected chi connectivity index (χ2v) is 6.12. The molecule has 1 unspecified atom stereocenters. The van der Waals surface area contributed by atoms with E-state index in [2.05, 4.69) is 5.32 Å². The van der Waals surface area contributed by atoms with Crippen LogP contribution in [0.5, 0.6) is 0 Å². The highest BCUT2D eigenvalue weighted by Gasteiger charge is 2.24. The van der Waals surface area contributed by atoms with Crippen molar-refractivity contribution in [3.05, 3.63) is 35.4 Å². The molecule has 120 valence electrons. The summed E-state index contributed by atoms with van der Waals surface area (Å²) in [5.74, 6) is 0.0807. The van der Waals surface area contributed by atoms with Gasteiger partial charge in [0.1, 0.15) is 0 Å². The van der Waals surface area contributed by atoms with Crippen LogP contribution >= 0.6 is 0 Å². The zero-order valence-electron chi connectivity index (χ0n) is 13.3. The molecule has 3 N–H and O–H groups in total. The fraction of sp³-hybridized carbons (Fsp3) is 0.529. The first-order valence-corrected chi connectivity index (χ1v) is 7.87. The highest BCUT2D eigenvalue weighted by Crippen LogP contribution is 2.14. The minimum atomic E-state index is -0.106. The number of likely N-dealkylation sites (tertiary alicyclic amines) is 1. The molecule has 5 nitrogen and oxygen atoms in total. The van der Waals surface area contributed by atoms with Crippen molar-refractivity contribution < 1.29 is 9.59 Å². The average Bonchev–Trinajstić information content (AvgIpc) is 2.47. The van der Waals surface area contributed by atoms with Crippen molar-refractivity contribution in [1.82, 2.24) is 10.2 Å². The average molecular weight is 303 g/mol. The standard InChI is InChI=1S/C17H25N3O2/c1-12-5-3-4-6-15(12)17(22)19-14-7-9-20(10-8-14)16(21)11-13(2)18/h3-6,13-14H,7-11,18H2,1-2H3,(H,19,22). The molecular formula is C17H25N3O2. The normalized spacial score (nSPS) is 17.1. The summed E-state index contributed by atoms with van der Waals surface area (Å²) < 4.78 is 0. The van der Waals surface area contributed by atoms with Gasteiger partial charge in [0.2, 0.25) is 5.91 Å². The van der Waals surface area contributed by atoms with Gasteiger partial charge in [0, 0.05) is 37.2 Å². The van der Waals surface area contributed by atoms with E-state index < -0.39 is 0 Å². The van der Waals surface area contributed by atoms with E-state index in [1.54, 1.807) is 0 Å². The van der Waals surface area contributed by atoms with Gasteiger partial charge in [-0.2, -0.15) is 0 Å². The first kappa shape index (κ1) is 16.5. The van der Waals surface area contributed by atoms with Gasteiger partial charge in [0.05, 0.1) is 0 Å². The van der Waals surface area contributed by atoms with Crippen LogP contribution in [0.25, 0.3) is 0 Å². The summed E-state index contributed by atoms with van der Waals surface area (Å²) in [6, 6.07) is 7.60. The summed E-state index contributed by atoms with van der Waals surface area (Å²) in [7, 11) is 0. The van der Waals surface area contributed by atoms with Crippen LogP contribution < -0.4 is 11.1 Å². The number of nitrogens with one attached hydrogen (secondary N) is 1. The van der Waals surface area contributed by atoms with E-state index in [4.69, 9.17) is 5.73 Å². The molecule has 0 bridgehead atoms. The summed E-state index contributed by atoms with van der Waals surface area (Å²) in [5, 5.41) is 3.07. The number of piperidine rings is 1. The number of rotatable bonds is 4. The second kappa shape index (κ2) is 7.40. The third-order valence-electron chi connectivity index (χ3n) is 4.07. The topological polar surface area (TPSA) is 75.4 Å². The molecule has 1 aliphatic rings. The van der Waals surface area contributed by atoms with Crippen LogP contribution in [0.4, 0.5) is 0 Å². The van der Waals surface area contributed by atoms with Gasteiger partial charge < -0.3 is 16.0 Å². The van der Waals surface area contributed by atoms with Crippen LogP contribution in [0.2, 0.25) is 0 Å². The molecule has 1 fully saturated rings. The Morgan fingerprint density at radius 3 is 2.55 bits per heavy atom.